The van der Waals surface area contributed by atoms with Gasteiger partial charge in [-0.1, -0.05) is 5.21 Å². The Morgan fingerprint density at radius 2 is 2.28 bits per heavy atom. The molecular formula is C13H22N4O. The van der Waals surface area contributed by atoms with Gasteiger partial charge in [0.1, 0.15) is 0 Å². The van der Waals surface area contributed by atoms with Gasteiger partial charge in [0.25, 0.3) is 0 Å². The number of nitrogens with one attached hydrogen (secondary N) is 1. The van der Waals surface area contributed by atoms with E-state index in [1.807, 2.05) is 4.68 Å². The molecule has 0 aliphatic heterocycles. The Hall–Kier alpha value is -0.940. The number of nitrogens with zero attached hydrogens (tertiary/aromatic N) is 3. The van der Waals surface area contributed by atoms with Crippen molar-refractivity contribution in [1.82, 2.24) is 20.3 Å². The Kier molecular flexibility index (Phi) is 3.61. The largest absolute Gasteiger partial charge is 0.381 e. The van der Waals surface area contributed by atoms with Crippen molar-refractivity contribution in [2.45, 2.75) is 63.3 Å². The SMILES string of the molecule is COC1CCCC(n2cc(CNC3CC3)nn2)C1. The minimum Gasteiger partial charge on any atom is -0.381 e. The number of ether oxygens (including phenoxy) is 1. The number of hydrogen-bond acceptors (Lipinski definition) is 4. The first-order chi connectivity index (χ1) is 8.85. The molecule has 1 N–H and O–H groups in total. The van der Waals surface area contributed by atoms with Crippen molar-refractivity contribution in [1.29, 1.82) is 0 Å². The lowest BCUT2D eigenvalue weighted by Gasteiger charge is -2.27. The lowest BCUT2D eigenvalue weighted by atomic mass is 9.93. The van der Waals surface area contributed by atoms with Gasteiger partial charge in [0.15, 0.2) is 0 Å². The van der Waals surface area contributed by atoms with E-state index < -0.39 is 0 Å². The van der Waals surface area contributed by atoms with E-state index in [4.69, 9.17) is 4.74 Å². The maximum absolute atomic E-state index is 5.46. The molecule has 0 aromatic carbocycles. The predicted octanol–water partition coefficient (Wildman–Crippen LogP) is 1.66. The second-order valence-electron chi connectivity index (χ2n) is 5.52. The minimum absolute atomic E-state index is 0.390. The first kappa shape index (κ1) is 12.1. The Labute approximate surface area is 108 Å². The van der Waals surface area contributed by atoms with Crippen molar-refractivity contribution in [3.05, 3.63) is 11.9 Å². The van der Waals surface area contributed by atoms with Gasteiger partial charge in [0.05, 0.1) is 24.0 Å². The summed E-state index contributed by atoms with van der Waals surface area (Å²) in [4.78, 5) is 0. The summed E-state index contributed by atoms with van der Waals surface area (Å²) < 4.78 is 7.50. The average molecular weight is 250 g/mol. The summed E-state index contributed by atoms with van der Waals surface area (Å²) in [7, 11) is 1.80. The first-order valence-electron chi connectivity index (χ1n) is 7.02. The molecule has 3 rings (SSSR count). The van der Waals surface area contributed by atoms with Gasteiger partial charge in [-0.3, -0.25) is 0 Å². The van der Waals surface area contributed by atoms with Crippen molar-refractivity contribution in [2.75, 3.05) is 7.11 Å². The smallest absolute Gasteiger partial charge is 0.0965 e. The zero-order chi connectivity index (χ0) is 12.4. The fraction of sp³-hybridized carbons (Fsp3) is 0.846. The third-order valence-electron chi connectivity index (χ3n) is 4.01. The van der Waals surface area contributed by atoms with E-state index in [0.717, 1.165) is 24.7 Å². The second-order valence-corrected chi connectivity index (χ2v) is 5.52. The van der Waals surface area contributed by atoms with Gasteiger partial charge in [-0.2, -0.15) is 0 Å². The van der Waals surface area contributed by atoms with E-state index in [1.165, 1.54) is 32.1 Å². The predicted molar refractivity (Wildman–Crippen MR) is 68.2 cm³/mol. The van der Waals surface area contributed by atoms with Gasteiger partial charge in [-0.15, -0.1) is 5.10 Å². The van der Waals surface area contributed by atoms with Crippen LogP contribution < -0.4 is 5.32 Å². The molecule has 0 spiro atoms. The Balaban J connectivity index is 1.57. The standard InChI is InChI=1S/C13H22N4O/c1-18-13-4-2-3-12(7-13)17-9-11(15-16-17)8-14-10-5-6-10/h9-10,12-14H,2-8H2,1H3. The van der Waals surface area contributed by atoms with Gasteiger partial charge in [-0.25, -0.2) is 4.68 Å². The molecule has 2 aliphatic carbocycles. The fourth-order valence-electron chi connectivity index (χ4n) is 2.68. The molecule has 100 valence electrons. The van der Waals surface area contributed by atoms with Gasteiger partial charge >= 0.3 is 0 Å². The molecule has 5 heteroatoms. The maximum Gasteiger partial charge on any atom is 0.0965 e. The molecule has 1 aromatic rings. The summed E-state index contributed by atoms with van der Waals surface area (Å²) in [6.07, 6.45) is 9.77. The van der Waals surface area contributed by atoms with Crippen molar-refractivity contribution in [3.63, 3.8) is 0 Å². The van der Waals surface area contributed by atoms with Crippen molar-refractivity contribution in [2.24, 2.45) is 0 Å². The van der Waals surface area contributed by atoms with Crippen LogP contribution in [0.2, 0.25) is 0 Å². The highest BCUT2D eigenvalue weighted by atomic mass is 16.5. The van der Waals surface area contributed by atoms with Gasteiger partial charge in [0.2, 0.25) is 0 Å². The van der Waals surface area contributed by atoms with Crippen LogP contribution in [0.3, 0.4) is 0 Å². The zero-order valence-corrected chi connectivity index (χ0v) is 11.0. The van der Waals surface area contributed by atoms with Crippen LogP contribution in [-0.2, 0) is 11.3 Å². The Bertz CT molecular complexity index is 388. The second kappa shape index (κ2) is 5.36. The summed E-state index contributed by atoms with van der Waals surface area (Å²) in [5.74, 6) is 0. The molecule has 0 saturated heterocycles. The van der Waals surface area contributed by atoms with E-state index in [9.17, 15) is 0 Å². The summed E-state index contributed by atoms with van der Waals surface area (Å²) in [5.41, 5.74) is 1.06. The molecule has 0 radical (unpaired) electrons. The molecule has 0 bridgehead atoms. The van der Waals surface area contributed by atoms with Crippen molar-refractivity contribution >= 4 is 0 Å². The van der Waals surface area contributed by atoms with E-state index in [-0.39, 0.29) is 0 Å². The van der Waals surface area contributed by atoms with Crippen LogP contribution in [0.4, 0.5) is 0 Å². The number of aromatic nitrogens is 3. The molecule has 2 aliphatic rings. The molecule has 18 heavy (non-hydrogen) atoms. The van der Waals surface area contributed by atoms with Gasteiger partial charge in [-0.05, 0) is 38.5 Å². The molecule has 1 heterocycles. The minimum atomic E-state index is 0.390. The molecule has 2 atom stereocenters. The number of rotatable bonds is 5. The molecule has 0 amide bonds. The van der Waals surface area contributed by atoms with Crippen LogP contribution in [0, 0.1) is 0 Å². The maximum atomic E-state index is 5.46. The summed E-state index contributed by atoms with van der Waals surface area (Å²) in [5, 5.41) is 12.0. The van der Waals surface area contributed by atoms with Crippen molar-refractivity contribution in [3.8, 4) is 0 Å². The number of hydrogen-bond donors (Lipinski definition) is 1. The van der Waals surface area contributed by atoms with E-state index in [1.54, 1.807) is 7.11 Å². The molecule has 2 unspecified atom stereocenters. The topological polar surface area (TPSA) is 52.0 Å². The van der Waals surface area contributed by atoms with Crippen LogP contribution in [0.1, 0.15) is 50.3 Å². The fourth-order valence-corrected chi connectivity index (χ4v) is 2.68. The Morgan fingerprint density at radius 3 is 3.06 bits per heavy atom. The van der Waals surface area contributed by atoms with E-state index in [0.29, 0.717) is 12.1 Å². The summed E-state index contributed by atoms with van der Waals surface area (Å²) in [6.45, 7) is 0.852. The average Bonchev–Trinajstić information content (AvgIpc) is 3.13. The van der Waals surface area contributed by atoms with E-state index >= 15 is 0 Å². The highest BCUT2D eigenvalue weighted by Crippen LogP contribution is 2.29. The first-order valence-corrected chi connectivity index (χ1v) is 7.02. The molecule has 5 nitrogen and oxygen atoms in total. The zero-order valence-electron chi connectivity index (χ0n) is 11.0. The lowest BCUT2D eigenvalue weighted by Crippen LogP contribution is -2.24. The van der Waals surface area contributed by atoms with Crippen LogP contribution in [0.15, 0.2) is 6.20 Å². The normalized spacial score (nSPS) is 28.5. The number of methoxy groups -OCH3 is 1. The molecule has 2 fully saturated rings. The lowest BCUT2D eigenvalue weighted by molar-refractivity contribution is 0.0504. The van der Waals surface area contributed by atoms with Gasteiger partial charge < -0.3 is 10.1 Å². The Morgan fingerprint density at radius 1 is 1.39 bits per heavy atom. The third kappa shape index (κ3) is 2.90. The molecule has 1 aromatic heterocycles. The van der Waals surface area contributed by atoms with Gasteiger partial charge in [0, 0.05) is 19.7 Å². The quantitative estimate of drug-likeness (QED) is 0.863. The monoisotopic (exact) mass is 250 g/mol. The molecule has 2 saturated carbocycles. The summed E-state index contributed by atoms with van der Waals surface area (Å²) >= 11 is 0. The van der Waals surface area contributed by atoms with E-state index in [2.05, 4.69) is 21.8 Å². The van der Waals surface area contributed by atoms with Crippen LogP contribution in [-0.4, -0.2) is 34.2 Å². The summed E-state index contributed by atoms with van der Waals surface area (Å²) in [6, 6.07) is 1.19. The highest BCUT2D eigenvalue weighted by Gasteiger charge is 2.24. The third-order valence-corrected chi connectivity index (χ3v) is 4.01. The van der Waals surface area contributed by atoms with Crippen LogP contribution in [0.25, 0.3) is 0 Å². The molecular weight excluding hydrogens is 228 g/mol. The highest BCUT2D eigenvalue weighted by molar-refractivity contribution is 4.96. The van der Waals surface area contributed by atoms with Crippen LogP contribution >= 0.6 is 0 Å². The van der Waals surface area contributed by atoms with Crippen LogP contribution in [0.5, 0.6) is 0 Å². The van der Waals surface area contributed by atoms with Crippen molar-refractivity contribution < 1.29 is 4.74 Å².